The molecule has 0 saturated carbocycles. The first-order chi connectivity index (χ1) is 11.3. The summed E-state index contributed by atoms with van der Waals surface area (Å²) in [6.07, 6.45) is -0.0341. The molecule has 0 aliphatic carbocycles. The van der Waals surface area contributed by atoms with Crippen molar-refractivity contribution in [1.82, 2.24) is 15.1 Å². The topological polar surface area (TPSA) is 84.2 Å². The third kappa shape index (κ3) is 4.35. The second-order valence-corrected chi connectivity index (χ2v) is 6.16. The molecule has 2 rings (SSSR count). The summed E-state index contributed by atoms with van der Waals surface area (Å²) in [6, 6.07) is 6.18. The summed E-state index contributed by atoms with van der Waals surface area (Å²) >= 11 is 5.86. The van der Waals surface area contributed by atoms with Crippen molar-refractivity contribution in [3.63, 3.8) is 0 Å². The summed E-state index contributed by atoms with van der Waals surface area (Å²) in [5.74, 6) is -1.22. The number of benzene rings is 1. The quantitative estimate of drug-likeness (QED) is 0.839. The molecule has 0 radical (unpaired) electrons. The number of carboxylic acid groups (broad SMARTS) is 1. The largest absolute Gasteiger partial charge is 0.481 e. The molecule has 6 nitrogen and oxygen atoms in total. The van der Waals surface area contributed by atoms with Gasteiger partial charge in [-0.05, 0) is 31.5 Å². The van der Waals surface area contributed by atoms with Crippen molar-refractivity contribution in [2.45, 2.75) is 32.7 Å². The lowest BCUT2D eigenvalue weighted by Crippen LogP contribution is -2.31. The van der Waals surface area contributed by atoms with E-state index in [9.17, 15) is 9.59 Å². The first kappa shape index (κ1) is 18.0. The normalized spacial score (nSPS) is 12.0. The van der Waals surface area contributed by atoms with Crippen molar-refractivity contribution in [1.29, 1.82) is 0 Å². The van der Waals surface area contributed by atoms with Gasteiger partial charge in [0.05, 0.1) is 24.6 Å². The number of carbonyl (C=O) groups excluding carboxylic acids is 1. The molecule has 24 heavy (non-hydrogen) atoms. The van der Waals surface area contributed by atoms with Crippen LogP contribution in [0.3, 0.4) is 0 Å². The molecule has 1 aromatic carbocycles. The standard InChI is InChI=1S/C17H20ClN3O3/c1-10-14(11(2)21(3)20-10)8-16(22)19-15(9-17(23)24)12-4-6-13(18)7-5-12/h4-7,15H,8-9H2,1-3H3,(H,19,22)(H,23,24)/t15-/m0/s1. The van der Waals surface area contributed by atoms with Gasteiger partial charge >= 0.3 is 5.97 Å². The molecule has 1 atom stereocenters. The van der Waals surface area contributed by atoms with Gasteiger partial charge in [0.1, 0.15) is 0 Å². The predicted molar refractivity (Wildman–Crippen MR) is 91.0 cm³/mol. The van der Waals surface area contributed by atoms with E-state index in [1.54, 1.807) is 28.9 Å². The van der Waals surface area contributed by atoms with Gasteiger partial charge in [0.2, 0.25) is 5.91 Å². The monoisotopic (exact) mass is 349 g/mol. The minimum Gasteiger partial charge on any atom is -0.481 e. The lowest BCUT2D eigenvalue weighted by atomic mass is 10.0. The van der Waals surface area contributed by atoms with Crippen LogP contribution in [0.25, 0.3) is 0 Å². The van der Waals surface area contributed by atoms with E-state index in [2.05, 4.69) is 10.4 Å². The van der Waals surface area contributed by atoms with Crippen LogP contribution in [0.5, 0.6) is 0 Å². The van der Waals surface area contributed by atoms with Crippen LogP contribution < -0.4 is 5.32 Å². The summed E-state index contributed by atoms with van der Waals surface area (Å²) in [7, 11) is 1.82. The summed E-state index contributed by atoms with van der Waals surface area (Å²) < 4.78 is 1.73. The first-order valence-electron chi connectivity index (χ1n) is 7.53. The van der Waals surface area contributed by atoms with Gasteiger partial charge in [-0.2, -0.15) is 5.10 Å². The van der Waals surface area contributed by atoms with E-state index in [1.807, 2.05) is 20.9 Å². The molecule has 1 amide bonds. The number of nitrogens with zero attached hydrogens (tertiary/aromatic N) is 2. The van der Waals surface area contributed by atoms with Gasteiger partial charge in [-0.3, -0.25) is 14.3 Å². The molecular formula is C17H20ClN3O3. The summed E-state index contributed by atoms with van der Waals surface area (Å²) in [6.45, 7) is 3.75. The van der Waals surface area contributed by atoms with E-state index >= 15 is 0 Å². The maximum Gasteiger partial charge on any atom is 0.305 e. The molecule has 0 aliphatic heterocycles. The Labute approximate surface area is 145 Å². The average molecular weight is 350 g/mol. The van der Waals surface area contributed by atoms with Crippen LogP contribution >= 0.6 is 11.6 Å². The highest BCUT2D eigenvalue weighted by molar-refractivity contribution is 6.30. The number of halogens is 1. The van der Waals surface area contributed by atoms with Crippen LogP contribution in [0.4, 0.5) is 0 Å². The summed E-state index contributed by atoms with van der Waals surface area (Å²) in [5, 5.41) is 16.7. The van der Waals surface area contributed by atoms with Crippen LogP contribution in [0.15, 0.2) is 24.3 Å². The Morgan fingerprint density at radius 3 is 2.42 bits per heavy atom. The molecule has 1 aromatic heterocycles. The lowest BCUT2D eigenvalue weighted by molar-refractivity contribution is -0.137. The average Bonchev–Trinajstić information content (AvgIpc) is 2.73. The molecule has 0 aliphatic rings. The lowest BCUT2D eigenvalue weighted by Gasteiger charge is -2.17. The maximum atomic E-state index is 12.4. The van der Waals surface area contributed by atoms with Crippen LogP contribution in [0, 0.1) is 13.8 Å². The zero-order valence-corrected chi connectivity index (χ0v) is 14.6. The van der Waals surface area contributed by atoms with E-state index in [4.69, 9.17) is 16.7 Å². The van der Waals surface area contributed by atoms with E-state index in [0.717, 1.165) is 17.0 Å². The highest BCUT2D eigenvalue weighted by Crippen LogP contribution is 2.20. The fraction of sp³-hybridized carbons (Fsp3) is 0.353. The Morgan fingerprint density at radius 2 is 1.92 bits per heavy atom. The third-order valence-corrected chi connectivity index (χ3v) is 4.23. The van der Waals surface area contributed by atoms with Gasteiger partial charge < -0.3 is 10.4 Å². The molecule has 2 aromatic rings. The van der Waals surface area contributed by atoms with Gasteiger partial charge in [0, 0.05) is 23.3 Å². The number of carbonyl (C=O) groups is 2. The molecule has 1 heterocycles. The number of carboxylic acids is 1. The van der Waals surface area contributed by atoms with Gasteiger partial charge in [-0.15, -0.1) is 0 Å². The Morgan fingerprint density at radius 1 is 1.29 bits per heavy atom. The second kappa shape index (κ2) is 7.49. The molecule has 7 heteroatoms. The number of nitrogens with one attached hydrogen (secondary N) is 1. The predicted octanol–water partition coefficient (Wildman–Crippen LogP) is 2.57. The molecule has 0 unspecified atom stereocenters. The number of aromatic nitrogens is 2. The van der Waals surface area contributed by atoms with Crippen LogP contribution in [0.1, 0.15) is 35.0 Å². The van der Waals surface area contributed by atoms with E-state index < -0.39 is 12.0 Å². The number of amides is 1. The SMILES string of the molecule is Cc1nn(C)c(C)c1CC(=O)N[C@@H](CC(=O)O)c1ccc(Cl)cc1. The molecule has 0 bridgehead atoms. The number of aryl methyl sites for hydroxylation is 2. The Hall–Kier alpha value is -2.34. The Balaban J connectivity index is 2.15. The summed E-state index contributed by atoms with van der Waals surface area (Å²) in [5.41, 5.74) is 3.28. The molecule has 0 fully saturated rings. The van der Waals surface area contributed by atoms with E-state index in [-0.39, 0.29) is 18.7 Å². The highest BCUT2D eigenvalue weighted by atomic mass is 35.5. The van der Waals surface area contributed by atoms with Crippen LogP contribution in [-0.4, -0.2) is 26.8 Å². The molecule has 2 N–H and O–H groups in total. The minimum atomic E-state index is -0.982. The maximum absolute atomic E-state index is 12.4. The fourth-order valence-electron chi connectivity index (χ4n) is 2.60. The third-order valence-electron chi connectivity index (χ3n) is 3.98. The van der Waals surface area contributed by atoms with Crippen molar-refractivity contribution in [3.8, 4) is 0 Å². The fourth-order valence-corrected chi connectivity index (χ4v) is 2.73. The molecule has 0 spiro atoms. The zero-order valence-electron chi connectivity index (χ0n) is 13.8. The van der Waals surface area contributed by atoms with E-state index in [1.165, 1.54) is 0 Å². The smallest absolute Gasteiger partial charge is 0.305 e. The number of hydrogen-bond donors (Lipinski definition) is 2. The van der Waals surface area contributed by atoms with Gasteiger partial charge in [-0.1, -0.05) is 23.7 Å². The van der Waals surface area contributed by atoms with Crippen molar-refractivity contribution in [2.75, 3.05) is 0 Å². The first-order valence-corrected chi connectivity index (χ1v) is 7.91. The van der Waals surface area contributed by atoms with Crippen molar-refractivity contribution < 1.29 is 14.7 Å². The highest BCUT2D eigenvalue weighted by Gasteiger charge is 2.20. The van der Waals surface area contributed by atoms with E-state index in [0.29, 0.717) is 10.6 Å². The second-order valence-electron chi connectivity index (χ2n) is 5.72. The number of hydrogen-bond acceptors (Lipinski definition) is 3. The zero-order chi connectivity index (χ0) is 17.9. The number of rotatable bonds is 6. The van der Waals surface area contributed by atoms with Crippen molar-refractivity contribution in [3.05, 3.63) is 51.8 Å². The van der Waals surface area contributed by atoms with Crippen LogP contribution in [0.2, 0.25) is 5.02 Å². The van der Waals surface area contributed by atoms with Crippen molar-refractivity contribution in [2.24, 2.45) is 7.05 Å². The molecule has 128 valence electrons. The van der Waals surface area contributed by atoms with Crippen LogP contribution in [-0.2, 0) is 23.1 Å². The van der Waals surface area contributed by atoms with Gasteiger partial charge in [0.15, 0.2) is 0 Å². The minimum absolute atomic E-state index is 0.162. The van der Waals surface area contributed by atoms with Gasteiger partial charge in [-0.25, -0.2) is 0 Å². The Kier molecular flexibility index (Phi) is 5.62. The summed E-state index contributed by atoms with van der Waals surface area (Å²) in [4.78, 5) is 23.5. The Bertz CT molecular complexity index is 753. The van der Waals surface area contributed by atoms with Crippen molar-refractivity contribution >= 4 is 23.5 Å². The van der Waals surface area contributed by atoms with Gasteiger partial charge in [0.25, 0.3) is 0 Å². The number of aliphatic carboxylic acids is 1. The molecule has 0 saturated heterocycles. The molecular weight excluding hydrogens is 330 g/mol.